The Balaban J connectivity index is 2.31. The molecule has 4 nitrogen and oxygen atoms in total. The minimum absolute atomic E-state index is 0.0480. The third kappa shape index (κ3) is 3.44. The molecule has 0 aliphatic carbocycles. The van der Waals surface area contributed by atoms with Gasteiger partial charge >= 0.3 is 0 Å². The number of benzene rings is 2. The first-order valence-corrected chi connectivity index (χ1v) is 6.59. The van der Waals surface area contributed by atoms with Crippen LogP contribution in [0, 0.1) is 5.82 Å². The van der Waals surface area contributed by atoms with Crippen LogP contribution in [0.3, 0.4) is 0 Å². The van der Waals surface area contributed by atoms with Crippen molar-refractivity contribution in [3.8, 4) is 0 Å². The molecule has 0 radical (unpaired) electrons. The number of hydrogen-bond acceptors (Lipinski definition) is 3. The zero-order valence-corrected chi connectivity index (χ0v) is 12.4. The Morgan fingerprint density at radius 1 is 1.24 bits per heavy atom. The summed E-state index contributed by atoms with van der Waals surface area (Å²) in [6.07, 6.45) is 0. The van der Waals surface area contributed by atoms with Gasteiger partial charge in [-0.3, -0.25) is 4.79 Å². The van der Waals surface area contributed by atoms with Gasteiger partial charge < -0.3 is 16.0 Å². The van der Waals surface area contributed by atoms with Crippen molar-refractivity contribution in [3.05, 3.63) is 52.8 Å². The average molecular weight is 308 g/mol. The van der Waals surface area contributed by atoms with Crippen molar-refractivity contribution in [1.29, 1.82) is 0 Å². The number of anilines is 3. The molecule has 21 heavy (non-hydrogen) atoms. The fourth-order valence-electron chi connectivity index (χ4n) is 1.90. The fourth-order valence-corrected chi connectivity index (χ4v) is 2.08. The number of nitrogens with two attached hydrogens (primary N) is 1. The van der Waals surface area contributed by atoms with Gasteiger partial charge in [0.1, 0.15) is 5.82 Å². The van der Waals surface area contributed by atoms with Gasteiger partial charge in [-0.25, -0.2) is 4.39 Å². The zero-order chi connectivity index (χ0) is 15.6. The van der Waals surface area contributed by atoms with E-state index in [1.165, 1.54) is 18.2 Å². The highest BCUT2D eigenvalue weighted by atomic mass is 35.5. The largest absolute Gasteiger partial charge is 0.399 e. The van der Waals surface area contributed by atoms with Gasteiger partial charge in [0.05, 0.1) is 10.6 Å². The summed E-state index contributed by atoms with van der Waals surface area (Å²) in [6.45, 7) is 0. The predicted molar refractivity (Wildman–Crippen MR) is 84.5 cm³/mol. The second-order valence-corrected chi connectivity index (χ2v) is 5.16. The molecule has 0 aliphatic heterocycles. The summed E-state index contributed by atoms with van der Waals surface area (Å²) in [4.78, 5) is 14.2. The smallest absolute Gasteiger partial charge is 0.257 e. The minimum Gasteiger partial charge on any atom is -0.399 e. The Bertz CT molecular complexity index is 689. The monoisotopic (exact) mass is 307 g/mol. The van der Waals surface area contributed by atoms with Crippen molar-refractivity contribution < 1.29 is 9.18 Å². The van der Waals surface area contributed by atoms with Crippen LogP contribution < -0.4 is 16.0 Å². The SMILES string of the molecule is CN(C)c1ccc(N)cc1C(=O)Nc1ccc(F)c(Cl)c1. The van der Waals surface area contributed by atoms with Crippen molar-refractivity contribution in [1.82, 2.24) is 0 Å². The molecule has 0 spiro atoms. The van der Waals surface area contributed by atoms with Gasteiger partial charge in [-0.1, -0.05) is 11.6 Å². The Hall–Kier alpha value is -2.27. The maximum absolute atomic E-state index is 13.1. The van der Waals surface area contributed by atoms with Crippen LogP contribution in [0.25, 0.3) is 0 Å². The molecule has 2 aromatic carbocycles. The fraction of sp³-hybridized carbons (Fsp3) is 0.133. The summed E-state index contributed by atoms with van der Waals surface area (Å²) in [5.41, 5.74) is 7.80. The molecule has 0 saturated carbocycles. The molecule has 6 heteroatoms. The number of rotatable bonds is 3. The van der Waals surface area contributed by atoms with Crippen LogP contribution in [0.2, 0.25) is 5.02 Å². The quantitative estimate of drug-likeness (QED) is 0.855. The first kappa shape index (κ1) is 15.1. The zero-order valence-electron chi connectivity index (χ0n) is 11.7. The first-order valence-electron chi connectivity index (χ1n) is 6.21. The Morgan fingerprint density at radius 2 is 1.95 bits per heavy atom. The molecule has 0 saturated heterocycles. The molecule has 1 amide bonds. The maximum Gasteiger partial charge on any atom is 0.257 e. The molecule has 2 rings (SSSR count). The van der Waals surface area contributed by atoms with Crippen LogP contribution in [-0.4, -0.2) is 20.0 Å². The number of carbonyl (C=O) groups is 1. The minimum atomic E-state index is -0.535. The molecule has 0 unspecified atom stereocenters. The van der Waals surface area contributed by atoms with E-state index in [-0.39, 0.29) is 10.9 Å². The van der Waals surface area contributed by atoms with Crippen LogP contribution >= 0.6 is 11.6 Å². The van der Waals surface area contributed by atoms with Crippen LogP contribution in [0.5, 0.6) is 0 Å². The second-order valence-electron chi connectivity index (χ2n) is 4.75. The molecule has 0 fully saturated rings. The van der Waals surface area contributed by atoms with E-state index < -0.39 is 5.82 Å². The van der Waals surface area contributed by atoms with E-state index in [9.17, 15) is 9.18 Å². The summed E-state index contributed by atoms with van der Waals surface area (Å²) in [6, 6.07) is 9.08. The van der Waals surface area contributed by atoms with E-state index in [0.29, 0.717) is 16.9 Å². The Morgan fingerprint density at radius 3 is 2.57 bits per heavy atom. The van der Waals surface area contributed by atoms with Crippen molar-refractivity contribution in [2.24, 2.45) is 0 Å². The lowest BCUT2D eigenvalue weighted by atomic mass is 10.1. The molecule has 3 N–H and O–H groups in total. The molecular formula is C15H15ClFN3O. The summed E-state index contributed by atoms with van der Waals surface area (Å²) in [7, 11) is 3.66. The standard InChI is InChI=1S/C15H15ClFN3O/c1-20(2)14-6-3-9(18)7-11(14)15(21)19-10-4-5-13(17)12(16)8-10/h3-8H,18H2,1-2H3,(H,19,21). The Labute approximate surface area is 127 Å². The number of halogens is 2. The highest BCUT2D eigenvalue weighted by molar-refractivity contribution is 6.31. The molecule has 0 aromatic heterocycles. The molecule has 110 valence electrons. The lowest BCUT2D eigenvalue weighted by Gasteiger charge is -2.17. The lowest BCUT2D eigenvalue weighted by molar-refractivity contribution is 0.102. The number of nitrogens with one attached hydrogen (secondary N) is 1. The topological polar surface area (TPSA) is 58.4 Å². The van der Waals surface area contributed by atoms with Gasteiger partial charge in [0, 0.05) is 31.2 Å². The van der Waals surface area contributed by atoms with Crippen LogP contribution in [0.1, 0.15) is 10.4 Å². The number of hydrogen-bond donors (Lipinski definition) is 2. The van der Waals surface area contributed by atoms with E-state index >= 15 is 0 Å². The van der Waals surface area contributed by atoms with Crippen LogP contribution in [0.4, 0.5) is 21.5 Å². The number of nitrogen functional groups attached to an aromatic ring is 1. The summed E-state index contributed by atoms with van der Waals surface area (Å²) in [5, 5.41) is 2.63. The van der Waals surface area contributed by atoms with E-state index in [0.717, 1.165) is 5.69 Å². The number of amides is 1. The average Bonchev–Trinajstić information content (AvgIpc) is 2.42. The maximum atomic E-state index is 13.1. The van der Waals surface area contributed by atoms with Gasteiger partial charge in [-0.15, -0.1) is 0 Å². The molecule has 0 atom stereocenters. The molecule has 0 bridgehead atoms. The van der Waals surface area contributed by atoms with E-state index in [1.807, 2.05) is 19.0 Å². The highest BCUT2D eigenvalue weighted by Gasteiger charge is 2.14. The number of nitrogens with zero attached hydrogens (tertiary/aromatic N) is 1. The van der Waals surface area contributed by atoms with E-state index in [4.69, 9.17) is 17.3 Å². The number of carbonyl (C=O) groups excluding carboxylic acids is 1. The third-order valence-corrected chi connectivity index (χ3v) is 3.21. The van der Waals surface area contributed by atoms with Gasteiger partial charge in [0.25, 0.3) is 5.91 Å². The summed E-state index contributed by atoms with van der Waals surface area (Å²) >= 11 is 5.70. The third-order valence-electron chi connectivity index (χ3n) is 2.92. The molecule has 2 aromatic rings. The second kappa shape index (κ2) is 6.01. The van der Waals surface area contributed by atoms with Crippen LogP contribution in [0.15, 0.2) is 36.4 Å². The van der Waals surface area contributed by atoms with Gasteiger partial charge in [0.2, 0.25) is 0 Å². The lowest BCUT2D eigenvalue weighted by Crippen LogP contribution is -2.18. The van der Waals surface area contributed by atoms with Gasteiger partial charge in [-0.2, -0.15) is 0 Å². The summed E-state index contributed by atoms with van der Waals surface area (Å²) in [5.74, 6) is -0.874. The van der Waals surface area contributed by atoms with Crippen LogP contribution in [-0.2, 0) is 0 Å². The normalized spacial score (nSPS) is 10.3. The first-order chi connectivity index (χ1) is 9.88. The van der Waals surface area contributed by atoms with Gasteiger partial charge in [0.15, 0.2) is 0 Å². The molecular weight excluding hydrogens is 293 g/mol. The molecule has 0 heterocycles. The Kier molecular flexibility index (Phi) is 4.33. The summed E-state index contributed by atoms with van der Waals surface area (Å²) < 4.78 is 13.1. The van der Waals surface area contributed by atoms with E-state index in [1.54, 1.807) is 18.2 Å². The highest BCUT2D eigenvalue weighted by Crippen LogP contribution is 2.24. The van der Waals surface area contributed by atoms with Crippen molar-refractivity contribution in [2.75, 3.05) is 30.0 Å². The van der Waals surface area contributed by atoms with Crippen molar-refractivity contribution in [3.63, 3.8) is 0 Å². The van der Waals surface area contributed by atoms with Gasteiger partial charge in [-0.05, 0) is 36.4 Å². The van der Waals surface area contributed by atoms with E-state index in [2.05, 4.69) is 5.32 Å². The van der Waals surface area contributed by atoms with Crippen molar-refractivity contribution >= 4 is 34.6 Å². The molecule has 0 aliphatic rings. The predicted octanol–water partition coefficient (Wildman–Crippen LogP) is 3.38. The van der Waals surface area contributed by atoms with Crippen molar-refractivity contribution in [2.45, 2.75) is 0 Å².